The van der Waals surface area contributed by atoms with Crippen molar-refractivity contribution in [3.8, 4) is 0 Å². The summed E-state index contributed by atoms with van der Waals surface area (Å²) in [6, 6.07) is 4.86. The van der Waals surface area contributed by atoms with Crippen LogP contribution in [0.2, 0.25) is 0 Å². The molecule has 1 aromatic carbocycles. The topological polar surface area (TPSA) is 0 Å². The van der Waals surface area contributed by atoms with Gasteiger partial charge in [-0.3, -0.25) is 0 Å². The van der Waals surface area contributed by atoms with Gasteiger partial charge in [0.1, 0.15) is 0 Å². The van der Waals surface area contributed by atoms with Crippen LogP contribution in [0.15, 0.2) is 18.2 Å². The van der Waals surface area contributed by atoms with Gasteiger partial charge in [-0.25, -0.2) is 0 Å². The van der Waals surface area contributed by atoms with Gasteiger partial charge in [-0.2, -0.15) is 0 Å². The summed E-state index contributed by atoms with van der Waals surface area (Å²) >= 11 is 2.29. The summed E-state index contributed by atoms with van der Waals surface area (Å²) in [4.78, 5) is 0. The van der Waals surface area contributed by atoms with Crippen LogP contribution in [-0.2, 0) is 12.8 Å². The van der Waals surface area contributed by atoms with Crippen LogP contribution in [0.25, 0.3) is 6.08 Å². The van der Waals surface area contributed by atoms with Crippen LogP contribution in [0, 0.1) is 5.41 Å². The van der Waals surface area contributed by atoms with E-state index in [9.17, 15) is 0 Å². The second-order valence-electron chi connectivity index (χ2n) is 5.92. The monoisotopic (exact) mass is 190 g/mol. The van der Waals surface area contributed by atoms with Gasteiger partial charge in [-0.1, -0.05) is 0 Å². The summed E-state index contributed by atoms with van der Waals surface area (Å²) in [6.07, 6.45) is 7.09. The molecule has 15 heavy (non-hydrogen) atoms. The maximum atomic E-state index is 2.45. The summed E-state index contributed by atoms with van der Waals surface area (Å²) < 4.78 is 0.619. The van der Waals surface area contributed by atoms with Gasteiger partial charge in [-0.15, -0.1) is 0 Å². The van der Waals surface area contributed by atoms with Crippen molar-refractivity contribution in [2.45, 2.75) is 31.3 Å². The molecule has 0 radical (unpaired) electrons. The Hall–Kier alpha value is -0.443. The van der Waals surface area contributed by atoms with Crippen molar-refractivity contribution in [2.75, 3.05) is 0 Å². The fourth-order valence-electron chi connectivity index (χ4n) is 3.04. The molecule has 0 spiro atoms. The summed E-state index contributed by atoms with van der Waals surface area (Å²) in [5, 5.41) is 0. The van der Waals surface area contributed by atoms with Gasteiger partial charge >= 0.3 is 101 Å². The molecular weight excluding hydrogens is 175 g/mol. The number of allylic oxidation sites excluding steroid dienone is 1. The molecule has 2 aliphatic rings. The van der Waals surface area contributed by atoms with Crippen molar-refractivity contribution in [3.63, 3.8) is 0 Å². The minimum absolute atomic E-state index is 0.477. The second kappa shape index (κ2) is 3.03. The van der Waals surface area contributed by atoms with Crippen molar-refractivity contribution >= 4 is 23.8 Å². The Labute approximate surface area is 101 Å². The molecule has 72 valence electrons. The molecule has 0 heterocycles. The normalized spacial score (nSPS) is 25.5. The van der Waals surface area contributed by atoms with E-state index in [0.717, 1.165) is 0 Å². The molecule has 1 atom stereocenters. The van der Waals surface area contributed by atoms with Gasteiger partial charge in [0.05, 0.1) is 0 Å². The van der Waals surface area contributed by atoms with E-state index in [4.69, 9.17) is 0 Å². The molecule has 0 aromatic heterocycles. The number of benzene rings is 1. The molecule has 0 amide bonds. The van der Waals surface area contributed by atoms with Crippen molar-refractivity contribution in [2.24, 2.45) is 5.41 Å². The average Bonchev–Trinajstić information content (AvgIpc) is 2.62. The molecule has 0 saturated heterocycles. The quantitative estimate of drug-likeness (QED) is 0.551. The molecule has 0 fully saturated rings. The molecule has 1 aromatic rings. The zero-order valence-corrected chi connectivity index (χ0v) is 9.80. The van der Waals surface area contributed by atoms with E-state index in [1.54, 1.807) is 11.1 Å². The summed E-state index contributed by atoms with van der Waals surface area (Å²) in [6.45, 7) is 4.74. The molecule has 3 rings (SSSR count). The van der Waals surface area contributed by atoms with E-state index < -0.39 is 0 Å². The van der Waals surface area contributed by atoms with Crippen molar-refractivity contribution in [3.05, 3.63) is 40.5 Å². The zero-order chi connectivity index (χ0) is 10.6. The first-order chi connectivity index (χ1) is 7.05. The van der Waals surface area contributed by atoms with E-state index >= 15 is 0 Å². The third kappa shape index (κ3) is 1.52. The van der Waals surface area contributed by atoms with Crippen LogP contribution in [0.1, 0.15) is 40.7 Å². The molecule has 0 bridgehead atoms. The number of fused-ring (bicyclic) bond motifs is 2. The first-order valence-corrected chi connectivity index (χ1v) is 5.89. The predicted molar refractivity (Wildman–Crippen MR) is 65.2 cm³/mol. The van der Waals surface area contributed by atoms with E-state index in [1.807, 2.05) is 0 Å². The van der Waals surface area contributed by atoms with E-state index in [2.05, 4.69) is 55.8 Å². The predicted octanol–water partition coefficient (Wildman–Crippen LogP) is 3.05. The molecular formula is C14H15Li. The fraction of sp³-hybridized carbons (Fsp3) is 0.429. The molecule has 0 N–H and O–H groups in total. The van der Waals surface area contributed by atoms with Crippen LogP contribution < -0.4 is 0 Å². The van der Waals surface area contributed by atoms with Crippen LogP contribution in [0.4, 0.5) is 0 Å². The molecule has 1 heteroatoms. The second-order valence-corrected chi connectivity index (χ2v) is 5.92. The Bertz CT molecular complexity index is 455. The summed E-state index contributed by atoms with van der Waals surface area (Å²) in [5.74, 6) is 0. The van der Waals surface area contributed by atoms with Crippen LogP contribution in [0.3, 0.4) is 0 Å². The number of rotatable bonds is 0. The van der Waals surface area contributed by atoms with Crippen molar-refractivity contribution < 1.29 is 0 Å². The zero-order valence-electron chi connectivity index (χ0n) is 9.80. The average molecular weight is 190 g/mol. The Kier molecular flexibility index (Phi) is 1.97. The van der Waals surface area contributed by atoms with E-state index in [1.165, 1.54) is 24.0 Å². The molecule has 2 aliphatic carbocycles. The standard InChI is InChI=1S/C14H15.Li/c1-14(2)8-12-6-10-4-3-5-11(10)7-13(12)9-14;/h3-7H,8-9H2,1-2H3;. The van der Waals surface area contributed by atoms with Crippen LogP contribution in [0.5, 0.6) is 0 Å². The first-order valence-electron chi connectivity index (χ1n) is 5.89. The van der Waals surface area contributed by atoms with Gasteiger partial charge < -0.3 is 0 Å². The van der Waals surface area contributed by atoms with E-state index in [0.29, 0.717) is 10.0 Å². The fourth-order valence-corrected chi connectivity index (χ4v) is 3.04. The van der Waals surface area contributed by atoms with Gasteiger partial charge in [0.2, 0.25) is 0 Å². The molecule has 1 unspecified atom stereocenters. The number of hydrogen-bond acceptors (Lipinski definition) is 0. The SMILES string of the molecule is [Li][CH]1C=Cc2cc3c(cc21)CC(C)(C)C3. The van der Waals surface area contributed by atoms with Gasteiger partial charge in [0.25, 0.3) is 0 Å². The summed E-state index contributed by atoms with van der Waals surface area (Å²) in [7, 11) is 0. The van der Waals surface area contributed by atoms with Gasteiger partial charge in [0, 0.05) is 0 Å². The third-order valence-electron chi connectivity index (χ3n) is 3.80. The molecule has 0 saturated carbocycles. The van der Waals surface area contributed by atoms with Crippen molar-refractivity contribution in [1.82, 2.24) is 0 Å². The van der Waals surface area contributed by atoms with Gasteiger partial charge in [0.15, 0.2) is 0 Å². The van der Waals surface area contributed by atoms with Crippen LogP contribution in [-0.4, -0.2) is 17.7 Å². The maximum absolute atomic E-state index is 2.45. The summed E-state index contributed by atoms with van der Waals surface area (Å²) in [5.41, 5.74) is 6.64. The van der Waals surface area contributed by atoms with Gasteiger partial charge in [-0.05, 0) is 0 Å². The van der Waals surface area contributed by atoms with E-state index in [-0.39, 0.29) is 0 Å². The Balaban J connectivity index is 2.11. The van der Waals surface area contributed by atoms with Crippen molar-refractivity contribution in [1.29, 1.82) is 0 Å². The molecule has 0 nitrogen and oxygen atoms in total. The Morgan fingerprint density at radius 3 is 2.60 bits per heavy atom. The first kappa shape index (κ1) is 9.76. The molecule has 0 aliphatic heterocycles. The Morgan fingerprint density at radius 2 is 1.87 bits per heavy atom. The number of hydrogen-bond donors (Lipinski definition) is 0. The Morgan fingerprint density at radius 1 is 1.20 bits per heavy atom. The minimum atomic E-state index is 0.477. The third-order valence-corrected chi connectivity index (χ3v) is 3.80. The van der Waals surface area contributed by atoms with Crippen LogP contribution >= 0.6 is 0 Å².